The third-order valence-electron chi connectivity index (χ3n) is 5.65. The summed E-state index contributed by atoms with van der Waals surface area (Å²) in [7, 11) is 0. The van der Waals surface area contributed by atoms with E-state index in [9.17, 15) is 9.59 Å². The van der Waals surface area contributed by atoms with E-state index < -0.39 is 0 Å². The molecular formula is C21H28N4O2S. The van der Waals surface area contributed by atoms with Gasteiger partial charge in [-0.2, -0.15) is 5.10 Å². The van der Waals surface area contributed by atoms with Crippen molar-refractivity contribution < 1.29 is 4.79 Å². The standard InChI is InChI=1S/C21H28N4O2S/c1-3-15-12-16-18(28-15)13-17-21(27)24(23-19(4-2)25(16)17)11-7-10-20(26)22-14-8-5-6-9-14/h12-14H,3-11H2,1-2H3,(H,22,26). The number of nitrogens with zero attached hydrogens (tertiary/aromatic N) is 3. The number of rotatable bonds is 7. The van der Waals surface area contributed by atoms with Crippen molar-refractivity contribution in [1.29, 1.82) is 0 Å². The van der Waals surface area contributed by atoms with Gasteiger partial charge in [0, 0.05) is 30.3 Å². The van der Waals surface area contributed by atoms with Gasteiger partial charge >= 0.3 is 0 Å². The lowest BCUT2D eigenvalue weighted by Gasteiger charge is -2.12. The number of thiophene rings is 1. The fourth-order valence-electron chi connectivity index (χ4n) is 4.15. The van der Waals surface area contributed by atoms with Crippen molar-refractivity contribution >= 4 is 33.0 Å². The molecule has 1 aliphatic carbocycles. The summed E-state index contributed by atoms with van der Waals surface area (Å²) in [5.74, 6) is 0.979. The van der Waals surface area contributed by atoms with Crippen molar-refractivity contribution in [3.05, 3.63) is 33.2 Å². The van der Waals surface area contributed by atoms with E-state index in [2.05, 4.69) is 30.3 Å². The summed E-state index contributed by atoms with van der Waals surface area (Å²) in [4.78, 5) is 26.4. The van der Waals surface area contributed by atoms with Crippen molar-refractivity contribution in [2.75, 3.05) is 0 Å². The minimum atomic E-state index is -0.0742. The molecule has 6 nitrogen and oxygen atoms in total. The number of hydrogen-bond acceptors (Lipinski definition) is 4. The van der Waals surface area contributed by atoms with Gasteiger partial charge in [0.2, 0.25) is 5.91 Å². The second-order valence-electron chi connectivity index (χ2n) is 7.63. The molecule has 150 valence electrons. The zero-order chi connectivity index (χ0) is 19.7. The molecule has 1 aliphatic rings. The molecule has 0 aromatic carbocycles. The van der Waals surface area contributed by atoms with E-state index >= 15 is 0 Å². The van der Waals surface area contributed by atoms with E-state index in [1.54, 1.807) is 16.0 Å². The fraction of sp³-hybridized carbons (Fsp3) is 0.571. The lowest BCUT2D eigenvalue weighted by molar-refractivity contribution is -0.121. The third kappa shape index (κ3) is 3.60. The van der Waals surface area contributed by atoms with Crippen LogP contribution in [0.25, 0.3) is 15.7 Å². The van der Waals surface area contributed by atoms with Crippen molar-refractivity contribution in [3.63, 3.8) is 0 Å². The largest absolute Gasteiger partial charge is 0.353 e. The van der Waals surface area contributed by atoms with Crippen LogP contribution in [0.15, 0.2) is 16.9 Å². The molecule has 0 spiro atoms. The first-order valence-electron chi connectivity index (χ1n) is 10.4. The Morgan fingerprint density at radius 3 is 2.71 bits per heavy atom. The Balaban J connectivity index is 1.53. The molecule has 28 heavy (non-hydrogen) atoms. The number of amides is 1. The summed E-state index contributed by atoms with van der Waals surface area (Å²) in [6.07, 6.45) is 7.41. The Morgan fingerprint density at radius 2 is 2.00 bits per heavy atom. The molecule has 0 radical (unpaired) electrons. The van der Waals surface area contributed by atoms with Crippen LogP contribution in [-0.2, 0) is 24.2 Å². The Kier molecular flexibility index (Phi) is 5.53. The molecule has 0 bridgehead atoms. The third-order valence-corrected chi connectivity index (χ3v) is 6.86. The highest BCUT2D eigenvalue weighted by Crippen LogP contribution is 2.29. The zero-order valence-electron chi connectivity index (χ0n) is 16.7. The second kappa shape index (κ2) is 8.07. The molecule has 1 saturated carbocycles. The van der Waals surface area contributed by atoms with E-state index in [1.807, 2.05) is 10.5 Å². The molecule has 1 amide bonds. The second-order valence-corrected chi connectivity index (χ2v) is 8.80. The number of fused-ring (bicyclic) bond motifs is 3. The molecule has 0 aliphatic heterocycles. The summed E-state index contributed by atoms with van der Waals surface area (Å²) in [6.45, 7) is 4.68. The molecule has 3 aromatic heterocycles. The minimum Gasteiger partial charge on any atom is -0.353 e. The molecule has 0 atom stereocenters. The molecule has 3 aromatic rings. The van der Waals surface area contributed by atoms with Gasteiger partial charge in [0.15, 0.2) is 0 Å². The van der Waals surface area contributed by atoms with Gasteiger partial charge in [0.1, 0.15) is 11.3 Å². The molecule has 3 heterocycles. The van der Waals surface area contributed by atoms with E-state index in [0.717, 1.165) is 41.7 Å². The molecular weight excluding hydrogens is 372 g/mol. The van der Waals surface area contributed by atoms with E-state index in [4.69, 9.17) is 0 Å². The van der Waals surface area contributed by atoms with Crippen LogP contribution < -0.4 is 10.9 Å². The molecule has 4 rings (SSSR count). The highest BCUT2D eigenvalue weighted by Gasteiger charge is 2.18. The van der Waals surface area contributed by atoms with Crippen LogP contribution in [0.3, 0.4) is 0 Å². The van der Waals surface area contributed by atoms with Gasteiger partial charge in [-0.15, -0.1) is 11.3 Å². The highest BCUT2D eigenvalue weighted by atomic mass is 32.1. The predicted molar refractivity (Wildman–Crippen MR) is 113 cm³/mol. The van der Waals surface area contributed by atoms with Gasteiger partial charge in [-0.25, -0.2) is 4.68 Å². The predicted octanol–water partition coefficient (Wildman–Crippen LogP) is 3.67. The number of carbonyl (C=O) groups is 1. The minimum absolute atomic E-state index is 0.0742. The van der Waals surface area contributed by atoms with Crippen LogP contribution in [0.4, 0.5) is 0 Å². The van der Waals surface area contributed by atoms with Gasteiger partial charge in [0.05, 0.1) is 10.2 Å². The Labute approximate surface area is 168 Å². The van der Waals surface area contributed by atoms with Crippen molar-refractivity contribution in [2.24, 2.45) is 0 Å². The Bertz CT molecular complexity index is 1060. The normalized spacial score (nSPS) is 15.1. The summed E-state index contributed by atoms with van der Waals surface area (Å²) >= 11 is 1.74. The van der Waals surface area contributed by atoms with E-state index in [1.165, 1.54) is 17.7 Å². The summed E-state index contributed by atoms with van der Waals surface area (Å²) in [5.41, 5.74) is 1.70. The van der Waals surface area contributed by atoms with Crippen molar-refractivity contribution in [2.45, 2.75) is 77.8 Å². The van der Waals surface area contributed by atoms with Crippen molar-refractivity contribution in [3.8, 4) is 0 Å². The number of carbonyl (C=O) groups excluding carboxylic acids is 1. The summed E-state index contributed by atoms with van der Waals surface area (Å²) < 4.78 is 4.69. The van der Waals surface area contributed by atoms with Gasteiger partial charge < -0.3 is 5.32 Å². The SMILES string of the molecule is CCc1cc2c(cc3c(=O)n(CCCC(=O)NC4CCCC4)nc(CC)n32)s1. The number of hydrogen-bond donors (Lipinski definition) is 1. The maximum atomic E-state index is 13.0. The quantitative estimate of drug-likeness (QED) is 0.658. The van der Waals surface area contributed by atoms with Crippen molar-refractivity contribution in [1.82, 2.24) is 19.5 Å². The van der Waals surface area contributed by atoms with Crippen LogP contribution in [0.2, 0.25) is 0 Å². The molecule has 1 N–H and O–H groups in total. The lowest BCUT2D eigenvalue weighted by atomic mass is 10.2. The van der Waals surface area contributed by atoms with Gasteiger partial charge in [-0.3, -0.25) is 14.0 Å². The fourth-order valence-corrected chi connectivity index (χ4v) is 5.18. The van der Waals surface area contributed by atoms with Gasteiger partial charge in [0.25, 0.3) is 5.56 Å². The Morgan fingerprint density at radius 1 is 1.21 bits per heavy atom. The van der Waals surface area contributed by atoms with E-state index in [-0.39, 0.29) is 11.5 Å². The van der Waals surface area contributed by atoms with Gasteiger partial charge in [-0.05, 0) is 37.8 Å². The van der Waals surface area contributed by atoms with Crippen LogP contribution in [-0.4, -0.2) is 26.1 Å². The number of aryl methyl sites for hydroxylation is 3. The first-order chi connectivity index (χ1) is 13.6. The van der Waals surface area contributed by atoms with Gasteiger partial charge in [-0.1, -0.05) is 26.7 Å². The maximum absolute atomic E-state index is 13.0. The summed E-state index contributed by atoms with van der Waals surface area (Å²) in [5, 5.41) is 7.72. The first-order valence-corrected chi connectivity index (χ1v) is 11.3. The molecule has 7 heteroatoms. The zero-order valence-corrected chi connectivity index (χ0v) is 17.5. The topological polar surface area (TPSA) is 68.4 Å². The highest BCUT2D eigenvalue weighted by molar-refractivity contribution is 7.19. The van der Waals surface area contributed by atoms with Crippen LogP contribution in [0.5, 0.6) is 0 Å². The smallest absolute Gasteiger partial charge is 0.291 e. The average molecular weight is 401 g/mol. The molecule has 0 saturated heterocycles. The summed E-state index contributed by atoms with van der Waals surface area (Å²) in [6, 6.07) is 4.51. The van der Waals surface area contributed by atoms with Crippen LogP contribution >= 0.6 is 11.3 Å². The van der Waals surface area contributed by atoms with Crippen LogP contribution in [0.1, 0.15) is 63.1 Å². The number of aromatic nitrogens is 3. The monoisotopic (exact) mass is 400 g/mol. The lowest BCUT2D eigenvalue weighted by Crippen LogP contribution is -2.33. The molecule has 0 unspecified atom stereocenters. The first kappa shape index (κ1) is 19.2. The average Bonchev–Trinajstić information content (AvgIpc) is 3.39. The number of nitrogens with one attached hydrogen (secondary N) is 1. The Hall–Kier alpha value is -2.15. The van der Waals surface area contributed by atoms with E-state index in [0.29, 0.717) is 30.9 Å². The molecule has 1 fully saturated rings. The van der Waals surface area contributed by atoms with Crippen LogP contribution in [0, 0.1) is 0 Å². The maximum Gasteiger partial charge on any atom is 0.291 e.